The third kappa shape index (κ3) is 19.1. The van der Waals surface area contributed by atoms with Crippen LogP contribution in [0.25, 0.3) is 0 Å². The first-order chi connectivity index (χ1) is 18.8. The van der Waals surface area contributed by atoms with Crippen LogP contribution in [0.3, 0.4) is 0 Å². The summed E-state index contributed by atoms with van der Waals surface area (Å²) < 4.78 is 0. The van der Waals surface area contributed by atoms with E-state index in [1.54, 1.807) is 0 Å². The Balaban J connectivity index is 2.01. The zero-order valence-corrected chi connectivity index (χ0v) is 26.8. The molecular weight excluding hydrogens is 458 g/mol. The van der Waals surface area contributed by atoms with Crippen LogP contribution in [0.4, 0.5) is 0 Å². The van der Waals surface area contributed by atoms with Gasteiger partial charge in [-0.2, -0.15) is 0 Å². The first-order valence-electron chi connectivity index (χ1n) is 18.5. The lowest BCUT2D eigenvalue weighted by atomic mass is 9.89. The van der Waals surface area contributed by atoms with E-state index in [-0.39, 0.29) is 0 Å². The number of nitrogens with zero attached hydrogens (tertiary/aromatic N) is 1. The molecule has 0 radical (unpaired) electrons. The Kier molecular flexibility index (Phi) is 22.2. The smallest absolute Gasteiger partial charge is 0.00953 e. The van der Waals surface area contributed by atoms with Crippen molar-refractivity contribution in [3.63, 3.8) is 0 Å². The quantitative estimate of drug-likeness (QED) is 0.350. The van der Waals surface area contributed by atoms with Crippen LogP contribution < -0.4 is 0 Å². The van der Waals surface area contributed by atoms with Crippen LogP contribution in [0, 0.1) is 11.8 Å². The fourth-order valence-electron chi connectivity index (χ4n) is 7.61. The highest BCUT2D eigenvalue weighted by Gasteiger charge is 2.22. The lowest BCUT2D eigenvalue weighted by molar-refractivity contribution is 0.130. The maximum Gasteiger partial charge on any atom is 0.00953 e. The molecule has 38 heavy (non-hydrogen) atoms. The van der Waals surface area contributed by atoms with Crippen molar-refractivity contribution in [2.45, 2.75) is 213 Å². The van der Waals surface area contributed by atoms with Gasteiger partial charge in [0.15, 0.2) is 0 Å². The first-order valence-corrected chi connectivity index (χ1v) is 18.5. The molecule has 1 heterocycles. The largest absolute Gasteiger partial charge is 0.300 e. The Morgan fingerprint density at radius 2 is 0.737 bits per heavy atom. The molecule has 0 N–H and O–H groups in total. The number of rotatable bonds is 3. The summed E-state index contributed by atoms with van der Waals surface area (Å²) in [5.41, 5.74) is 0. The number of hydrogen-bond acceptors (Lipinski definition) is 1. The minimum atomic E-state index is 0.844. The molecule has 1 aliphatic carbocycles. The molecule has 2 aliphatic rings. The highest BCUT2D eigenvalue weighted by Crippen LogP contribution is 2.26. The van der Waals surface area contributed by atoms with Crippen molar-refractivity contribution in [2.24, 2.45) is 11.8 Å². The molecule has 1 nitrogen and oxygen atoms in total. The molecule has 1 saturated heterocycles. The van der Waals surface area contributed by atoms with Crippen molar-refractivity contribution < 1.29 is 0 Å². The molecule has 0 amide bonds. The van der Waals surface area contributed by atoms with Crippen LogP contribution in [0.15, 0.2) is 0 Å². The van der Waals surface area contributed by atoms with Gasteiger partial charge in [-0.05, 0) is 50.5 Å². The van der Waals surface area contributed by atoms with Crippen LogP contribution in [0.2, 0.25) is 0 Å². The Morgan fingerprint density at radius 1 is 0.421 bits per heavy atom. The summed E-state index contributed by atoms with van der Waals surface area (Å²) in [6.07, 6.45) is 44.5. The third-order valence-electron chi connectivity index (χ3n) is 9.95. The van der Waals surface area contributed by atoms with Gasteiger partial charge >= 0.3 is 0 Å². The summed E-state index contributed by atoms with van der Waals surface area (Å²) in [7, 11) is 0. The number of hydrogen-bond donors (Lipinski definition) is 0. The van der Waals surface area contributed by atoms with Gasteiger partial charge in [-0.15, -0.1) is 0 Å². The standard InChI is InChI=1S/C37H73N/c1-35(2)33-36-29-25-21-17-13-9-7-8-12-16-20-24-28-32-38(34-36)37-30-26-22-18-14-10-5-3-4-6-11-15-19-23-27-31-37/h35-37H,3-34H2,1-2H3. The van der Waals surface area contributed by atoms with Crippen molar-refractivity contribution in [3.05, 3.63) is 0 Å². The second-order valence-electron chi connectivity index (χ2n) is 14.2. The van der Waals surface area contributed by atoms with E-state index in [0.29, 0.717) is 0 Å². The van der Waals surface area contributed by atoms with Gasteiger partial charge in [0.05, 0.1) is 0 Å². The molecule has 2 fully saturated rings. The minimum absolute atomic E-state index is 0.844. The average molecular weight is 532 g/mol. The van der Waals surface area contributed by atoms with Gasteiger partial charge in [-0.1, -0.05) is 174 Å². The van der Waals surface area contributed by atoms with Gasteiger partial charge in [0, 0.05) is 12.6 Å². The Morgan fingerprint density at radius 3 is 1.11 bits per heavy atom. The van der Waals surface area contributed by atoms with Crippen LogP contribution >= 0.6 is 0 Å². The third-order valence-corrected chi connectivity index (χ3v) is 9.95. The van der Waals surface area contributed by atoms with Crippen molar-refractivity contribution in [1.82, 2.24) is 4.90 Å². The predicted molar refractivity (Wildman–Crippen MR) is 172 cm³/mol. The summed E-state index contributed by atoms with van der Waals surface area (Å²) >= 11 is 0. The van der Waals surface area contributed by atoms with Crippen molar-refractivity contribution in [2.75, 3.05) is 13.1 Å². The maximum atomic E-state index is 3.08. The Hall–Kier alpha value is -0.0400. The average Bonchev–Trinajstić information content (AvgIpc) is 2.90. The summed E-state index contributed by atoms with van der Waals surface area (Å²) in [5, 5.41) is 0. The topological polar surface area (TPSA) is 3.24 Å². The maximum absolute atomic E-state index is 3.08. The molecular formula is C37H73N. The second kappa shape index (κ2) is 24.7. The molecule has 1 saturated carbocycles. The summed E-state index contributed by atoms with van der Waals surface area (Å²) in [6, 6.07) is 0.863. The van der Waals surface area contributed by atoms with Crippen molar-refractivity contribution in [3.8, 4) is 0 Å². The SMILES string of the molecule is CC(C)CC1CCCCCCCCCCCCCCN(C2CCCCCCCCCCCCCCCC2)C1. The molecule has 1 unspecified atom stereocenters. The van der Waals surface area contributed by atoms with Gasteiger partial charge < -0.3 is 4.90 Å². The van der Waals surface area contributed by atoms with Gasteiger partial charge in [-0.25, -0.2) is 0 Å². The van der Waals surface area contributed by atoms with E-state index in [4.69, 9.17) is 0 Å². The van der Waals surface area contributed by atoms with E-state index in [1.165, 1.54) is 206 Å². The highest BCUT2D eigenvalue weighted by atomic mass is 15.2. The predicted octanol–water partition coefficient (Wildman–Crippen LogP) is 12.7. The molecule has 0 aromatic carbocycles. The lowest BCUT2D eigenvalue weighted by Crippen LogP contribution is -2.40. The van der Waals surface area contributed by atoms with Crippen molar-refractivity contribution >= 4 is 0 Å². The molecule has 1 heteroatoms. The molecule has 1 atom stereocenters. The zero-order chi connectivity index (χ0) is 26.9. The lowest BCUT2D eigenvalue weighted by Gasteiger charge is -2.36. The van der Waals surface area contributed by atoms with Gasteiger partial charge in [0.25, 0.3) is 0 Å². The second-order valence-corrected chi connectivity index (χ2v) is 14.2. The van der Waals surface area contributed by atoms with Crippen LogP contribution in [-0.4, -0.2) is 24.0 Å². The summed E-state index contributed by atoms with van der Waals surface area (Å²) in [4.78, 5) is 3.08. The van der Waals surface area contributed by atoms with Crippen molar-refractivity contribution in [1.29, 1.82) is 0 Å². The van der Waals surface area contributed by atoms with Gasteiger partial charge in [0.2, 0.25) is 0 Å². The zero-order valence-electron chi connectivity index (χ0n) is 26.8. The van der Waals surface area contributed by atoms with E-state index in [1.807, 2.05) is 0 Å². The van der Waals surface area contributed by atoms with Crippen LogP contribution in [-0.2, 0) is 0 Å². The molecule has 1 aliphatic heterocycles. The van der Waals surface area contributed by atoms with E-state index in [0.717, 1.165) is 17.9 Å². The van der Waals surface area contributed by atoms with Crippen LogP contribution in [0.5, 0.6) is 0 Å². The minimum Gasteiger partial charge on any atom is -0.300 e. The van der Waals surface area contributed by atoms with Crippen LogP contribution in [0.1, 0.15) is 206 Å². The van der Waals surface area contributed by atoms with Gasteiger partial charge in [-0.3, -0.25) is 0 Å². The fraction of sp³-hybridized carbons (Fsp3) is 1.00. The van der Waals surface area contributed by atoms with E-state index in [2.05, 4.69) is 18.7 Å². The first kappa shape index (κ1) is 34.2. The fourth-order valence-corrected chi connectivity index (χ4v) is 7.61. The Labute approximate surface area is 242 Å². The van der Waals surface area contributed by atoms with E-state index in [9.17, 15) is 0 Å². The molecule has 0 bridgehead atoms. The summed E-state index contributed by atoms with van der Waals surface area (Å²) in [6.45, 7) is 7.74. The molecule has 0 aromatic heterocycles. The normalized spacial score (nSPS) is 26.4. The summed E-state index contributed by atoms with van der Waals surface area (Å²) in [5.74, 6) is 1.77. The molecule has 0 aromatic rings. The van der Waals surface area contributed by atoms with E-state index >= 15 is 0 Å². The molecule has 2 rings (SSSR count). The van der Waals surface area contributed by atoms with E-state index < -0.39 is 0 Å². The highest BCUT2D eigenvalue weighted by molar-refractivity contribution is 4.77. The monoisotopic (exact) mass is 532 g/mol. The molecule has 226 valence electrons. The molecule has 0 spiro atoms. The van der Waals surface area contributed by atoms with Gasteiger partial charge in [0.1, 0.15) is 0 Å². The Bertz CT molecular complexity index is 467.